The zero-order valence-electron chi connectivity index (χ0n) is 16.8. The van der Waals surface area contributed by atoms with E-state index in [1.165, 1.54) is 11.1 Å². The SMILES string of the molecule is CC(C(=O)NC1CCN(Cc2ccccc2)CC1)N(C)Cc1ccc(Br)cc1. The van der Waals surface area contributed by atoms with Crippen molar-refractivity contribution in [1.29, 1.82) is 0 Å². The van der Waals surface area contributed by atoms with Gasteiger partial charge in [-0.15, -0.1) is 0 Å². The van der Waals surface area contributed by atoms with E-state index in [0.717, 1.165) is 43.5 Å². The molecule has 1 saturated heterocycles. The Morgan fingerprint density at radius 2 is 1.75 bits per heavy atom. The molecule has 2 aromatic carbocycles. The van der Waals surface area contributed by atoms with Crippen LogP contribution in [0.5, 0.6) is 0 Å². The Morgan fingerprint density at radius 3 is 2.39 bits per heavy atom. The predicted molar refractivity (Wildman–Crippen MR) is 118 cm³/mol. The fourth-order valence-corrected chi connectivity index (χ4v) is 3.88. The van der Waals surface area contributed by atoms with E-state index in [2.05, 4.69) is 73.5 Å². The number of halogens is 1. The predicted octanol–water partition coefficient (Wildman–Crippen LogP) is 4.05. The smallest absolute Gasteiger partial charge is 0.237 e. The summed E-state index contributed by atoms with van der Waals surface area (Å²) >= 11 is 3.46. The van der Waals surface area contributed by atoms with Gasteiger partial charge in [-0.25, -0.2) is 0 Å². The van der Waals surface area contributed by atoms with Crippen LogP contribution in [0.3, 0.4) is 0 Å². The average Bonchev–Trinajstić information content (AvgIpc) is 2.71. The van der Waals surface area contributed by atoms with E-state index in [9.17, 15) is 4.79 Å². The Morgan fingerprint density at radius 1 is 1.11 bits per heavy atom. The summed E-state index contributed by atoms with van der Waals surface area (Å²) in [6.07, 6.45) is 2.03. The molecule has 1 unspecified atom stereocenters. The topological polar surface area (TPSA) is 35.6 Å². The molecule has 1 N–H and O–H groups in total. The number of nitrogens with one attached hydrogen (secondary N) is 1. The first-order valence-corrected chi connectivity index (χ1v) is 10.8. The number of rotatable bonds is 7. The summed E-state index contributed by atoms with van der Waals surface area (Å²) in [5.74, 6) is 0.126. The number of benzene rings is 2. The Kier molecular flexibility index (Phi) is 7.65. The highest BCUT2D eigenvalue weighted by molar-refractivity contribution is 9.10. The van der Waals surface area contributed by atoms with Gasteiger partial charge in [-0.05, 0) is 50.1 Å². The Balaban J connectivity index is 1.42. The number of hydrogen-bond acceptors (Lipinski definition) is 3. The third-order valence-corrected chi connectivity index (χ3v) is 6.10. The Bertz CT molecular complexity index is 742. The van der Waals surface area contributed by atoms with Crippen LogP contribution in [0.25, 0.3) is 0 Å². The highest BCUT2D eigenvalue weighted by Gasteiger charge is 2.24. The number of likely N-dealkylation sites (N-methyl/N-ethyl adjacent to an activating group) is 1. The van der Waals surface area contributed by atoms with Gasteiger partial charge in [0.15, 0.2) is 0 Å². The van der Waals surface area contributed by atoms with Crippen LogP contribution in [-0.4, -0.2) is 47.9 Å². The third-order valence-electron chi connectivity index (χ3n) is 5.57. The van der Waals surface area contributed by atoms with E-state index < -0.39 is 0 Å². The molecule has 28 heavy (non-hydrogen) atoms. The fraction of sp³-hybridized carbons (Fsp3) is 0.435. The molecule has 150 valence electrons. The molecule has 0 saturated carbocycles. The molecule has 4 nitrogen and oxygen atoms in total. The molecule has 5 heteroatoms. The summed E-state index contributed by atoms with van der Waals surface area (Å²) in [7, 11) is 2.01. The van der Waals surface area contributed by atoms with E-state index in [1.807, 2.05) is 26.1 Å². The van der Waals surface area contributed by atoms with E-state index >= 15 is 0 Å². The summed E-state index contributed by atoms with van der Waals surface area (Å²) in [5.41, 5.74) is 2.56. The number of nitrogens with zero attached hydrogens (tertiary/aromatic N) is 2. The lowest BCUT2D eigenvalue weighted by Gasteiger charge is -2.33. The van der Waals surface area contributed by atoms with Crippen LogP contribution in [0.1, 0.15) is 30.9 Å². The first-order valence-electron chi connectivity index (χ1n) is 10.0. The molecule has 1 aliphatic heterocycles. The number of likely N-dealkylation sites (tertiary alicyclic amines) is 1. The maximum atomic E-state index is 12.7. The van der Waals surface area contributed by atoms with Gasteiger partial charge < -0.3 is 5.32 Å². The lowest BCUT2D eigenvalue weighted by atomic mass is 10.0. The van der Waals surface area contributed by atoms with Crippen molar-refractivity contribution < 1.29 is 4.79 Å². The minimum Gasteiger partial charge on any atom is -0.352 e. The van der Waals surface area contributed by atoms with E-state index in [-0.39, 0.29) is 18.0 Å². The standard InChI is InChI=1S/C23H30BrN3O/c1-18(26(2)16-20-8-10-21(24)11-9-20)23(28)25-22-12-14-27(15-13-22)17-19-6-4-3-5-7-19/h3-11,18,22H,12-17H2,1-2H3,(H,25,28). The maximum absolute atomic E-state index is 12.7. The first kappa shape index (κ1) is 21.0. The largest absolute Gasteiger partial charge is 0.352 e. The van der Waals surface area contributed by atoms with Crippen molar-refractivity contribution in [3.8, 4) is 0 Å². The molecule has 0 aliphatic carbocycles. The van der Waals surface area contributed by atoms with Gasteiger partial charge in [0.05, 0.1) is 6.04 Å². The van der Waals surface area contributed by atoms with E-state index in [4.69, 9.17) is 0 Å². The van der Waals surface area contributed by atoms with Crippen molar-refractivity contribution >= 4 is 21.8 Å². The highest BCUT2D eigenvalue weighted by Crippen LogP contribution is 2.15. The highest BCUT2D eigenvalue weighted by atomic mass is 79.9. The minimum atomic E-state index is -0.147. The normalized spacial score (nSPS) is 16.9. The zero-order chi connectivity index (χ0) is 19.9. The lowest BCUT2D eigenvalue weighted by Crippen LogP contribution is -2.50. The molecule has 0 spiro atoms. The molecule has 0 aromatic heterocycles. The van der Waals surface area contributed by atoms with Gasteiger partial charge >= 0.3 is 0 Å². The second-order valence-corrected chi connectivity index (χ2v) is 8.68. The number of carbonyl (C=O) groups excluding carboxylic acids is 1. The monoisotopic (exact) mass is 443 g/mol. The van der Waals surface area contributed by atoms with Crippen molar-refractivity contribution in [3.63, 3.8) is 0 Å². The average molecular weight is 444 g/mol. The van der Waals surface area contributed by atoms with Gasteiger partial charge in [0.1, 0.15) is 0 Å². The second-order valence-electron chi connectivity index (χ2n) is 7.76. The summed E-state index contributed by atoms with van der Waals surface area (Å²) in [6.45, 7) is 5.80. The second kappa shape index (κ2) is 10.2. The zero-order valence-corrected chi connectivity index (χ0v) is 18.4. The number of piperidine rings is 1. The minimum absolute atomic E-state index is 0.126. The molecule has 0 radical (unpaired) electrons. The van der Waals surface area contributed by atoms with Crippen molar-refractivity contribution in [2.24, 2.45) is 0 Å². The van der Waals surface area contributed by atoms with Crippen LogP contribution < -0.4 is 5.32 Å². The maximum Gasteiger partial charge on any atom is 0.237 e. The van der Waals surface area contributed by atoms with Gasteiger partial charge in [-0.1, -0.05) is 58.4 Å². The number of hydrogen-bond donors (Lipinski definition) is 1. The molecule has 1 atom stereocenters. The van der Waals surface area contributed by atoms with E-state index in [1.54, 1.807) is 0 Å². The van der Waals surface area contributed by atoms with Gasteiger partial charge in [-0.3, -0.25) is 14.6 Å². The van der Waals surface area contributed by atoms with Crippen LogP contribution in [-0.2, 0) is 17.9 Å². The van der Waals surface area contributed by atoms with Crippen LogP contribution in [0.4, 0.5) is 0 Å². The quantitative estimate of drug-likeness (QED) is 0.700. The summed E-state index contributed by atoms with van der Waals surface area (Å²) < 4.78 is 1.07. The van der Waals surface area contributed by atoms with Crippen molar-refractivity contribution in [2.45, 2.75) is 44.9 Å². The van der Waals surface area contributed by atoms with Crippen LogP contribution in [0.2, 0.25) is 0 Å². The first-order chi connectivity index (χ1) is 13.5. The Hall–Kier alpha value is -1.69. The van der Waals surface area contributed by atoms with Crippen molar-refractivity contribution in [2.75, 3.05) is 20.1 Å². The number of amides is 1. The molecule has 0 bridgehead atoms. The van der Waals surface area contributed by atoms with Crippen LogP contribution in [0, 0.1) is 0 Å². The summed E-state index contributed by atoms with van der Waals surface area (Å²) in [5, 5.41) is 3.26. The molecular weight excluding hydrogens is 414 g/mol. The molecule has 2 aromatic rings. The molecule has 3 rings (SSSR count). The van der Waals surface area contributed by atoms with Crippen molar-refractivity contribution in [3.05, 3.63) is 70.2 Å². The summed E-state index contributed by atoms with van der Waals surface area (Å²) in [6, 6.07) is 19.0. The van der Waals surface area contributed by atoms with E-state index in [0.29, 0.717) is 0 Å². The molecule has 1 aliphatic rings. The fourth-order valence-electron chi connectivity index (χ4n) is 3.61. The molecular formula is C23H30BrN3O. The van der Waals surface area contributed by atoms with Crippen molar-refractivity contribution in [1.82, 2.24) is 15.1 Å². The van der Waals surface area contributed by atoms with Gasteiger partial charge in [0.2, 0.25) is 5.91 Å². The van der Waals surface area contributed by atoms with Gasteiger partial charge in [0.25, 0.3) is 0 Å². The molecule has 1 fully saturated rings. The number of carbonyl (C=O) groups is 1. The third kappa shape index (κ3) is 6.16. The van der Waals surface area contributed by atoms with Crippen LogP contribution >= 0.6 is 15.9 Å². The lowest BCUT2D eigenvalue weighted by molar-refractivity contribution is -0.126. The molecule has 1 amide bonds. The van der Waals surface area contributed by atoms with Crippen LogP contribution in [0.15, 0.2) is 59.1 Å². The van der Waals surface area contributed by atoms with Gasteiger partial charge in [-0.2, -0.15) is 0 Å². The summed E-state index contributed by atoms with van der Waals surface area (Å²) in [4.78, 5) is 17.3. The Labute approximate surface area is 177 Å². The molecule has 1 heterocycles. The van der Waals surface area contributed by atoms with Gasteiger partial charge in [0, 0.05) is 36.7 Å².